The third-order valence-electron chi connectivity index (χ3n) is 5.63. The lowest BCUT2D eigenvalue weighted by Gasteiger charge is -2.27. The quantitative estimate of drug-likeness (QED) is 0.521. The van der Waals surface area contributed by atoms with Gasteiger partial charge in [0.2, 0.25) is 11.8 Å². The highest BCUT2D eigenvalue weighted by Crippen LogP contribution is 2.34. The highest BCUT2D eigenvalue weighted by atomic mass is 35.5. The largest absolute Gasteiger partial charge is 0.379 e. The maximum atomic E-state index is 13.9. The van der Waals surface area contributed by atoms with Gasteiger partial charge in [0.15, 0.2) is 5.17 Å². The summed E-state index contributed by atoms with van der Waals surface area (Å²) < 4.78 is 19.3. The molecule has 2 aliphatic rings. The number of hydrogen-bond acceptors (Lipinski definition) is 6. The Balaban J connectivity index is 1.46. The molecule has 186 valence electrons. The van der Waals surface area contributed by atoms with Gasteiger partial charge < -0.3 is 10.1 Å². The number of ether oxygens (including phenoxy) is 1. The third kappa shape index (κ3) is 6.95. The van der Waals surface area contributed by atoms with Gasteiger partial charge in [-0.05, 0) is 36.8 Å². The van der Waals surface area contributed by atoms with Gasteiger partial charge in [0.1, 0.15) is 11.1 Å². The van der Waals surface area contributed by atoms with Gasteiger partial charge in [-0.15, -0.1) is 0 Å². The minimum Gasteiger partial charge on any atom is -0.379 e. The van der Waals surface area contributed by atoms with Gasteiger partial charge in [-0.25, -0.2) is 9.38 Å². The Labute approximate surface area is 217 Å². The standard InChI is InChI=1S/C24H25Cl2FN4O3S/c25-17-7-6-16(14-18(17)26)28-24-31(9-3-8-30-10-12-34-13-11-30)23(33)21(35-24)15-22(32)29-20-5-2-1-4-19(20)27/h1-2,4-7,14,21H,3,8-13,15H2,(H,29,32). The van der Waals surface area contributed by atoms with Crippen molar-refractivity contribution in [1.29, 1.82) is 0 Å². The summed E-state index contributed by atoms with van der Waals surface area (Å²) in [6.45, 7) is 4.45. The van der Waals surface area contributed by atoms with Crippen LogP contribution in [0.15, 0.2) is 47.5 Å². The Kier molecular flexibility index (Phi) is 9.02. The fourth-order valence-corrected chi connectivity index (χ4v) is 5.28. The number of rotatable bonds is 8. The van der Waals surface area contributed by atoms with Crippen LogP contribution in [0.25, 0.3) is 0 Å². The highest BCUT2D eigenvalue weighted by molar-refractivity contribution is 8.15. The maximum Gasteiger partial charge on any atom is 0.242 e. The van der Waals surface area contributed by atoms with E-state index >= 15 is 0 Å². The van der Waals surface area contributed by atoms with Crippen molar-refractivity contribution >= 4 is 63.3 Å². The van der Waals surface area contributed by atoms with Crippen molar-refractivity contribution in [3.63, 3.8) is 0 Å². The number of nitrogens with one attached hydrogen (secondary N) is 1. The second-order valence-electron chi connectivity index (χ2n) is 8.13. The van der Waals surface area contributed by atoms with E-state index in [4.69, 9.17) is 27.9 Å². The monoisotopic (exact) mass is 538 g/mol. The van der Waals surface area contributed by atoms with E-state index in [0.29, 0.717) is 40.7 Å². The second kappa shape index (κ2) is 12.2. The van der Waals surface area contributed by atoms with Crippen molar-refractivity contribution in [2.24, 2.45) is 4.99 Å². The minimum atomic E-state index is -0.660. The van der Waals surface area contributed by atoms with Gasteiger partial charge in [-0.3, -0.25) is 19.4 Å². The van der Waals surface area contributed by atoms with Crippen LogP contribution in [0.1, 0.15) is 12.8 Å². The fraction of sp³-hybridized carbons (Fsp3) is 0.375. The molecular weight excluding hydrogens is 514 g/mol. The molecule has 2 heterocycles. The number of nitrogens with zero attached hydrogens (tertiary/aromatic N) is 3. The van der Waals surface area contributed by atoms with Gasteiger partial charge in [-0.1, -0.05) is 47.1 Å². The van der Waals surface area contributed by atoms with Gasteiger partial charge in [0.05, 0.1) is 34.6 Å². The molecule has 2 aromatic carbocycles. The number of halogens is 3. The first-order valence-electron chi connectivity index (χ1n) is 11.3. The molecule has 2 saturated heterocycles. The number of morpholine rings is 1. The first-order valence-corrected chi connectivity index (χ1v) is 12.9. The van der Waals surface area contributed by atoms with Crippen LogP contribution >= 0.6 is 35.0 Å². The number of aliphatic imine (C=N–C) groups is 1. The molecule has 35 heavy (non-hydrogen) atoms. The zero-order valence-corrected chi connectivity index (χ0v) is 21.2. The molecule has 2 aliphatic heterocycles. The van der Waals surface area contributed by atoms with Crippen molar-refractivity contribution in [2.45, 2.75) is 18.1 Å². The Morgan fingerprint density at radius 3 is 2.66 bits per heavy atom. The van der Waals surface area contributed by atoms with E-state index in [9.17, 15) is 14.0 Å². The van der Waals surface area contributed by atoms with Crippen molar-refractivity contribution < 1.29 is 18.7 Å². The topological polar surface area (TPSA) is 74.2 Å². The van der Waals surface area contributed by atoms with Crippen LogP contribution in [0.3, 0.4) is 0 Å². The molecule has 0 aliphatic carbocycles. The number of thioether (sulfide) groups is 1. The van der Waals surface area contributed by atoms with Crippen LogP contribution in [0.4, 0.5) is 15.8 Å². The summed E-state index contributed by atoms with van der Waals surface area (Å²) in [5, 5.41) is 3.16. The van der Waals surface area contributed by atoms with E-state index in [1.165, 1.54) is 23.9 Å². The summed E-state index contributed by atoms with van der Waals surface area (Å²) in [7, 11) is 0. The molecule has 2 aromatic rings. The molecular formula is C24H25Cl2FN4O3S. The number of carbonyl (C=O) groups is 2. The Morgan fingerprint density at radius 2 is 1.91 bits per heavy atom. The molecule has 0 radical (unpaired) electrons. The van der Waals surface area contributed by atoms with Crippen molar-refractivity contribution in [2.75, 3.05) is 44.7 Å². The lowest BCUT2D eigenvalue weighted by atomic mass is 10.2. The summed E-state index contributed by atoms with van der Waals surface area (Å²) in [6.07, 6.45) is 0.652. The minimum absolute atomic E-state index is 0.0833. The summed E-state index contributed by atoms with van der Waals surface area (Å²) >= 11 is 13.4. The van der Waals surface area contributed by atoms with Crippen LogP contribution in [-0.2, 0) is 14.3 Å². The zero-order valence-electron chi connectivity index (χ0n) is 18.9. The van der Waals surface area contributed by atoms with E-state index in [-0.39, 0.29) is 18.0 Å². The Bertz CT molecular complexity index is 1110. The number of amidine groups is 1. The van der Waals surface area contributed by atoms with Crippen LogP contribution in [0.5, 0.6) is 0 Å². The number of benzene rings is 2. The number of para-hydroxylation sites is 1. The molecule has 2 amide bonds. The summed E-state index contributed by atoms with van der Waals surface area (Å²) in [6, 6.07) is 10.9. The zero-order chi connectivity index (χ0) is 24.8. The molecule has 0 aromatic heterocycles. The first kappa shape index (κ1) is 25.9. The van der Waals surface area contributed by atoms with Crippen LogP contribution in [0, 0.1) is 5.82 Å². The molecule has 1 atom stereocenters. The Hall–Kier alpha value is -2.17. The lowest BCUT2D eigenvalue weighted by molar-refractivity contribution is -0.128. The van der Waals surface area contributed by atoms with E-state index in [1.54, 1.807) is 35.2 Å². The predicted octanol–water partition coefficient (Wildman–Crippen LogP) is 4.82. The van der Waals surface area contributed by atoms with Gasteiger partial charge in [0.25, 0.3) is 0 Å². The molecule has 4 rings (SSSR count). The smallest absolute Gasteiger partial charge is 0.242 e. The van der Waals surface area contributed by atoms with Crippen molar-refractivity contribution in [3.8, 4) is 0 Å². The molecule has 2 fully saturated rings. The SMILES string of the molecule is O=C(CC1SC(=Nc2ccc(Cl)c(Cl)c2)N(CCCN2CCOCC2)C1=O)Nc1ccccc1F. The predicted molar refractivity (Wildman–Crippen MR) is 138 cm³/mol. The lowest BCUT2D eigenvalue weighted by Crippen LogP contribution is -2.39. The van der Waals surface area contributed by atoms with Crippen LogP contribution < -0.4 is 5.32 Å². The van der Waals surface area contributed by atoms with E-state index < -0.39 is 17.0 Å². The molecule has 0 bridgehead atoms. The molecule has 1 unspecified atom stereocenters. The van der Waals surface area contributed by atoms with E-state index in [0.717, 1.165) is 26.1 Å². The summed E-state index contributed by atoms with van der Waals surface area (Å²) in [5.41, 5.74) is 0.643. The molecule has 0 saturated carbocycles. The normalized spacial score (nSPS) is 20.0. The molecule has 11 heteroatoms. The third-order valence-corrected chi connectivity index (χ3v) is 7.54. The second-order valence-corrected chi connectivity index (χ2v) is 10.1. The van der Waals surface area contributed by atoms with Crippen LogP contribution in [-0.4, -0.2) is 71.4 Å². The summed E-state index contributed by atoms with van der Waals surface area (Å²) in [4.78, 5) is 34.4. The maximum absolute atomic E-state index is 13.9. The van der Waals surface area contributed by atoms with Gasteiger partial charge in [-0.2, -0.15) is 0 Å². The fourth-order valence-electron chi connectivity index (χ4n) is 3.81. The average molecular weight is 539 g/mol. The van der Waals surface area contributed by atoms with E-state index in [1.807, 2.05) is 0 Å². The number of amides is 2. The van der Waals surface area contributed by atoms with E-state index in [2.05, 4.69) is 15.2 Å². The molecule has 0 spiro atoms. The number of hydrogen-bond donors (Lipinski definition) is 1. The van der Waals surface area contributed by atoms with Crippen molar-refractivity contribution in [3.05, 3.63) is 58.3 Å². The number of anilines is 1. The highest BCUT2D eigenvalue weighted by Gasteiger charge is 2.39. The molecule has 7 nitrogen and oxygen atoms in total. The number of carbonyl (C=O) groups excluding carboxylic acids is 2. The Morgan fingerprint density at radius 1 is 1.14 bits per heavy atom. The van der Waals surface area contributed by atoms with Gasteiger partial charge in [0, 0.05) is 32.6 Å². The van der Waals surface area contributed by atoms with Crippen LogP contribution in [0.2, 0.25) is 10.0 Å². The average Bonchev–Trinajstić information content (AvgIpc) is 3.12. The molecule has 1 N–H and O–H groups in total. The summed E-state index contributed by atoms with van der Waals surface area (Å²) in [5.74, 6) is -1.16. The first-order chi connectivity index (χ1) is 16.9. The van der Waals surface area contributed by atoms with Gasteiger partial charge >= 0.3 is 0 Å². The van der Waals surface area contributed by atoms with Crippen molar-refractivity contribution in [1.82, 2.24) is 9.80 Å².